The number of aryl methyl sites for hydroxylation is 2. The third kappa shape index (κ3) is 4.44. The molecule has 0 heterocycles. The number of carbonyl (C=O) groups excluding carboxylic acids is 1. The molecule has 0 fully saturated rings. The zero-order chi connectivity index (χ0) is 18.5. The van der Waals surface area contributed by atoms with Crippen LogP contribution >= 0.6 is 11.6 Å². The molecule has 132 valence electrons. The minimum Gasteiger partial charge on any atom is -0.489 e. The maximum atomic E-state index is 12.5. The van der Waals surface area contributed by atoms with Crippen LogP contribution in [0.15, 0.2) is 66.7 Å². The van der Waals surface area contributed by atoms with Crippen LogP contribution < -0.4 is 10.1 Å². The molecule has 26 heavy (non-hydrogen) atoms. The van der Waals surface area contributed by atoms with E-state index in [0.717, 1.165) is 28.1 Å². The molecule has 0 aromatic heterocycles. The Morgan fingerprint density at radius 3 is 2.15 bits per heavy atom. The average molecular weight is 366 g/mol. The van der Waals surface area contributed by atoms with Gasteiger partial charge >= 0.3 is 0 Å². The van der Waals surface area contributed by atoms with Gasteiger partial charge in [-0.1, -0.05) is 41.9 Å². The molecule has 1 N–H and O–H groups in total. The van der Waals surface area contributed by atoms with E-state index in [4.69, 9.17) is 16.3 Å². The molecule has 0 radical (unpaired) electrons. The van der Waals surface area contributed by atoms with E-state index < -0.39 is 0 Å². The lowest BCUT2D eigenvalue weighted by Gasteiger charge is -2.12. The largest absolute Gasteiger partial charge is 0.489 e. The number of carbonyl (C=O) groups is 1. The third-order valence-electron chi connectivity index (χ3n) is 4.15. The lowest BCUT2D eigenvalue weighted by atomic mass is 10.1. The summed E-state index contributed by atoms with van der Waals surface area (Å²) >= 11 is 5.86. The molecule has 0 aliphatic rings. The highest BCUT2D eigenvalue weighted by molar-refractivity contribution is 6.30. The standard InChI is InChI=1S/C22H20ClNO2/c1-15-4-3-5-16(2)21(15)24-22(25)18-8-6-17(7-9-18)14-26-20-12-10-19(23)11-13-20/h3-13H,14H2,1-2H3,(H,24,25). The number of amides is 1. The van der Waals surface area contributed by atoms with Crippen LogP contribution in [0.25, 0.3) is 0 Å². The average Bonchev–Trinajstić information content (AvgIpc) is 2.65. The Kier molecular flexibility index (Phi) is 5.59. The lowest BCUT2D eigenvalue weighted by Crippen LogP contribution is -2.13. The Morgan fingerprint density at radius 1 is 0.923 bits per heavy atom. The molecule has 4 heteroatoms. The van der Waals surface area contributed by atoms with Crippen LogP contribution in [0.4, 0.5) is 5.69 Å². The van der Waals surface area contributed by atoms with E-state index in [1.54, 1.807) is 12.1 Å². The van der Waals surface area contributed by atoms with Gasteiger partial charge in [-0.2, -0.15) is 0 Å². The van der Waals surface area contributed by atoms with E-state index in [9.17, 15) is 4.79 Å². The fourth-order valence-corrected chi connectivity index (χ4v) is 2.77. The number of benzene rings is 3. The van der Waals surface area contributed by atoms with Crippen LogP contribution in [-0.2, 0) is 6.61 Å². The van der Waals surface area contributed by atoms with Gasteiger partial charge in [0.05, 0.1) is 0 Å². The van der Waals surface area contributed by atoms with Crippen molar-refractivity contribution in [1.29, 1.82) is 0 Å². The summed E-state index contributed by atoms with van der Waals surface area (Å²) in [5, 5.41) is 3.67. The molecule has 0 saturated carbocycles. The van der Waals surface area contributed by atoms with E-state index in [0.29, 0.717) is 17.2 Å². The molecule has 0 atom stereocenters. The first-order valence-electron chi connectivity index (χ1n) is 8.38. The normalized spacial score (nSPS) is 10.4. The number of halogens is 1. The van der Waals surface area contributed by atoms with Crippen molar-refractivity contribution in [2.45, 2.75) is 20.5 Å². The van der Waals surface area contributed by atoms with Gasteiger partial charge in [0.15, 0.2) is 0 Å². The monoisotopic (exact) mass is 365 g/mol. The van der Waals surface area contributed by atoms with Gasteiger partial charge in [-0.3, -0.25) is 4.79 Å². The number of hydrogen-bond acceptors (Lipinski definition) is 2. The molecule has 0 bridgehead atoms. The van der Waals surface area contributed by atoms with Gasteiger partial charge in [0.1, 0.15) is 12.4 Å². The topological polar surface area (TPSA) is 38.3 Å². The Morgan fingerprint density at radius 2 is 1.54 bits per heavy atom. The second kappa shape index (κ2) is 8.07. The van der Waals surface area contributed by atoms with Crippen molar-refractivity contribution in [2.75, 3.05) is 5.32 Å². The van der Waals surface area contributed by atoms with E-state index in [2.05, 4.69) is 5.32 Å². The molecular formula is C22H20ClNO2. The van der Waals surface area contributed by atoms with Gasteiger partial charge in [-0.15, -0.1) is 0 Å². The maximum Gasteiger partial charge on any atom is 0.255 e. The number of ether oxygens (including phenoxy) is 1. The van der Waals surface area contributed by atoms with E-state index >= 15 is 0 Å². The van der Waals surface area contributed by atoms with Crippen molar-refractivity contribution < 1.29 is 9.53 Å². The zero-order valence-corrected chi connectivity index (χ0v) is 15.5. The molecule has 1 amide bonds. The third-order valence-corrected chi connectivity index (χ3v) is 4.41. The predicted molar refractivity (Wildman–Crippen MR) is 106 cm³/mol. The predicted octanol–water partition coefficient (Wildman–Crippen LogP) is 5.79. The molecule has 0 aliphatic heterocycles. The molecular weight excluding hydrogens is 346 g/mol. The highest BCUT2D eigenvalue weighted by Gasteiger charge is 2.09. The first kappa shape index (κ1) is 18.0. The minimum absolute atomic E-state index is 0.118. The van der Waals surface area contributed by atoms with Crippen LogP contribution in [0.5, 0.6) is 5.75 Å². The van der Waals surface area contributed by atoms with Gasteiger partial charge in [0.25, 0.3) is 5.91 Å². The minimum atomic E-state index is -0.118. The smallest absolute Gasteiger partial charge is 0.255 e. The molecule has 3 rings (SSSR count). The van der Waals surface area contributed by atoms with Crippen molar-refractivity contribution in [3.05, 3.63) is 94.0 Å². The second-order valence-corrected chi connectivity index (χ2v) is 6.60. The summed E-state index contributed by atoms with van der Waals surface area (Å²) in [6.07, 6.45) is 0. The van der Waals surface area contributed by atoms with Crippen molar-refractivity contribution in [3.63, 3.8) is 0 Å². The Bertz CT molecular complexity index is 882. The second-order valence-electron chi connectivity index (χ2n) is 6.16. The number of anilines is 1. The first-order valence-corrected chi connectivity index (χ1v) is 8.75. The van der Waals surface area contributed by atoms with Crippen LogP contribution in [0, 0.1) is 13.8 Å². The van der Waals surface area contributed by atoms with Crippen molar-refractivity contribution in [3.8, 4) is 5.75 Å². The fourth-order valence-electron chi connectivity index (χ4n) is 2.65. The summed E-state index contributed by atoms with van der Waals surface area (Å²) in [5.74, 6) is 0.638. The van der Waals surface area contributed by atoms with Gasteiger partial charge in [-0.25, -0.2) is 0 Å². The van der Waals surface area contributed by atoms with E-state index in [-0.39, 0.29) is 5.91 Å². The van der Waals surface area contributed by atoms with E-state index in [1.165, 1.54) is 0 Å². The Labute approximate surface area is 158 Å². The number of nitrogens with one attached hydrogen (secondary N) is 1. The highest BCUT2D eigenvalue weighted by Crippen LogP contribution is 2.21. The van der Waals surface area contributed by atoms with Crippen molar-refractivity contribution in [1.82, 2.24) is 0 Å². The van der Waals surface area contributed by atoms with Crippen LogP contribution in [0.1, 0.15) is 27.0 Å². The fraction of sp³-hybridized carbons (Fsp3) is 0.136. The zero-order valence-electron chi connectivity index (χ0n) is 14.8. The van der Waals surface area contributed by atoms with Crippen LogP contribution in [-0.4, -0.2) is 5.91 Å². The molecule has 3 aromatic carbocycles. The van der Waals surface area contributed by atoms with Crippen LogP contribution in [0.3, 0.4) is 0 Å². The molecule has 3 nitrogen and oxygen atoms in total. The molecule has 0 unspecified atom stereocenters. The Balaban J connectivity index is 1.63. The van der Waals surface area contributed by atoms with E-state index in [1.807, 2.05) is 68.4 Å². The summed E-state index contributed by atoms with van der Waals surface area (Å²) in [5.41, 5.74) is 4.57. The molecule has 0 spiro atoms. The quantitative estimate of drug-likeness (QED) is 0.621. The summed E-state index contributed by atoms with van der Waals surface area (Å²) in [4.78, 5) is 12.5. The number of rotatable bonds is 5. The maximum absolute atomic E-state index is 12.5. The Hall–Kier alpha value is -2.78. The SMILES string of the molecule is Cc1cccc(C)c1NC(=O)c1ccc(COc2ccc(Cl)cc2)cc1. The number of hydrogen-bond donors (Lipinski definition) is 1. The molecule has 3 aromatic rings. The van der Waals surface area contributed by atoms with Crippen molar-refractivity contribution >= 4 is 23.2 Å². The number of para-hydroxylation sites is 1. The summed E-state index contributed by atoms with van der Waals surface area (Å²) < 4.78 is 5.72. The van der Waals surface area contributed by atoms with Gasteiger partial charge in [0.2, 0.25) is 0 Å². The van der Waals surface area contributed by atoms with Crippen LogP contribution in [0.2, 0.25) is 5.02 Å². The van der Waals surface area contributed by atoms with Gasteiger partial charge in [-0.05, 0) is 66.9 Å². The highest BCUT2D eigenvalue weighted by atomic mass is 35.5. The summed E-state index contributed by atoms with van der Waals surface area (Å²) in [6.45, 7) is 4.40. The molecule has 0 saturated heterocycles. The lowest BCUT2D eigenvalue weighted by molar-refractivity contribution is 0.102. The van der Waals surface area contributed by atoms with Gasteiger partial charge < -0.3 is 10.1 Å². The molecule has 0 aliphatic carbocycles. The van der Waals surface area contributed by atoms with Gasteiger partial charge in [0, 0.05) is 16.3 Å². The summed E-state index contributed by atoms with van der Waals surface area (Å²) in [7, 11) is 0. The summed E-state index contributed by atoms with van der Waals surface area (Å²) in [6, 6.07) is 20.6. The van der Waals surface area contributed by atoms with Crippen molar-refractivity contribution in [2.24, 2.45) is 0 Å². The first-order chi connectivity index (χ1) is 12.5.